The van der Waals surface area contributed by atoms with Crippen LogP contribution in [0.15, 0.2) is 18.7 Å². The van der Waals surface area contributed by atoms with Gasteiger partial charge in [0.25, 0.3) is 0 Å². The van der Waals surface area contributed by atoms with Crippen molar-refractivity contribution < 1.29 is 4.74 Å². The molecule has 0 aliphatic heterocycles. The van der Waals surface area contributed by atoms with Crippen molar-refractivity contribution in [2.45, 2.75) is 6.92 Å². The van der Waals surface area contributed by atoms with E-state index in [9.17, 15) is 0 Å². The maximum atomic E-state index is 5.75. The van der Waals surface area contributed by atoms with Crippen molar-refractivity contribution in [2.24, 2.45) is 0 Å². The van der Waals surface area contributed by atoms with E-state index in [1.165, 1.54) is 6.33 Å². The van der Waals surface area contributed by atoms with E-state index in [-0.39, 0.29) is 11.3 Å². The fourth-order valence-corrected chi connectivity index (χ4v) is 1.22. The Morgan fingerprint density at radius 1 is 1.19 bits per heavy atom. The van der Waals surface area contributed by atoms with Gasteiger partial charge in [0.05, 0.1) is 12.2 Å². The number of rotatable bonds is 3. The molecule has 2 aromatic heterocycles. The van der Waals surface area contributed by atoms with E-state index in [0.29, 0.717) is 18.0 Å². The van der Waals surface area contributed by atoms with Crippen LogP contribution >= 0.6 is 11.6 Å². The lowest BCUT2D eigenvalue weighted by atomic mass is 10.3. The molecule has 0 aliphatic rings. The van der Waals surface area contributed by atoms with Gasteiger partial charge in [-0.15, -0.1) is 0 Å². The van der Waals surface area contributed by atoms with Gasteiger partial charge in [-0.1, -0.05) is 0 Å². The minimum atomic E-state index is 0.0808. The van der Waals surface area contributed by atoms with Crippen molar-refractivity contribution in [2.75, 3.05) is 6.61 Å². The molecule has 0 saturated carbocycles. The Morgan fingerprint density at radius 3 is 2.62 bits per heavy atom. The summed E-state index contributed by atoms with van der Waals surface area (Å²) in [6.45, 7) is 2.30. The van der Waals surface area contributed by atoms with E-state index < -0.39 is 0 Å². The van der Waals surface area contributed by atoms with Crippen LogP contribution in [0.5, 0.6) is 6.01 Å². The van der Waals surface area contributed by atoms with Gasteiger partial charge in [0, 0.05) is 12.4 Å². The van der Waals surface area contributed by atoms with Gasteiger partial charge >= 0.3 is 6.01 Å². The molecule has 0 aliphatic carbocycles. The summed E-state index contributed by atoms with van der Waals surface area (Å²) in [5.74, 6) is 0.393. The van der Waals surface area contributed by atoms with Crippen LogP contribution in [0, 0.1) is 0 Å². The zero-order chi connectivity index (χ0) is 11.4. The fraction of sp³-hybridized carbons (Fsp3) is 0.222. The third-order valence-electron chi connectivity index (χ3n) is 1.68. The van der Waals surface area contributed by atoms with Crippen LogP contribution in [0.2, 0.25) is 5.28 Å². The lowest BCUT2D eigenvalue weighted by Crippen LogP contribution is -2.01. The summed E-state index contributed by atoms with van der Waals surface area (Å²) in [5, 5.41) is 0.0808. The van der Waals surface area contributed by atoms with E-state index >= 15 is 0 Å². The van der Waals surface area contributed by atoms with Crippen LogP contribution in [0.25, 0.3) is 11.4 Å². The fourth-order valence-electron chi connectivity index (χ4n) is 1.07. The van der Waals surface area contributed by atoms with Crippen molar-refractivity contribution in [1.82, 2.24) is 24.9 Å². The Morgan fingerprint density at radius 2 is 1.94 bits per heavy atom. The largest absolute Gasteiger partial charge is 0.464 e. The number of halogens is 1. The number of ether oxygens (including phenoxy) is 1. The van der Waals surface area contributed by atoms with Crippen molar-refractivity contribution >= 4 is 11.6 Å². The molecule has 0 saturated heterocycles. The molecule has 0 aromatic carbocycles. The first-order valence-corrected chi connectivity index (χ1v) is 4.97. The van der Waals surface area contributed by atoms with Crippen LogP contribution < -0.4 is 4.74 Å². The van der Waals surface area contributed by atoms with E-state index in [1.54, 1.807) is 12.4 Å². The third-order valence-corrected chi connectivity index (χ3v) is 1.85. The molecular weight excluding hydrogens is 230 g/mol. The molecule has 0 bridgehead atoms. The molecule has 7 heteroatoms. The van der Waals surface area contributed by atoms with Gasteiger partial charge in [-0.3, -0.25) is 0 Å². The second kappa shape index (κ2) is 4.80. The first-order chi connectivity index (χ1) is 7.79. The van der Waals surface area contributed by atoms with Crippen molar-refractivity contribution in [1.29, 1.82) is 0 Å². The molecule has 2 rings (SSSR count). The van der Waals surface area contributed by atoms with Crippen LogP contribution in [0.1, 0.15) is 6.92 Å². The SMILES string of the molecule is CCOc1nc(Cl)nc(-c2cncnc2)n1. The van der Waals surface area contributed by atoms with Gasteiger partial charge in [-0.2, -0.15) is 15.0 Å². The minimum absolute atomic E-state index is 0.0808. The molecule has 0 atom stereocenters. The maximum Gasteiger partial charge on any atom is 0.321 e. The summed E-state index contributed by atoms with van der Waals surface area (Å²) in [6.07, 6.45) is 4.61. The molecule has 0 fully saturated rings. The molecular formula is C9H8ClN5O. The Hall–Kier alpha value is -1.82. The van der Waals surface area contributed by atoms with Gasteiger partial charge in [-0.05, 0) is 18.5 Å². The van der Waals surface area contributed by atoms with Gasteiger partial charge in [-0.25, -0.2) is 9.97 Å². The standard InChI is InChI=1S/C9H8ClN5O/c1-2-16-9-14-7(13-8(10)15-9)6-3-11-5-12-4-6/h3-5H,2H2,1H3. The van der Waals surface area contributed by atoms with Crippen LogP contribution in [-0.4, -0.2) is 31.5 Å². The second-order valence-corrected chi connectivity index (χ2v) is 3.11. The van der Waals surface area contributed by atoms with Gasteiger partial charge < -0.3 is 4.74 Å². The quantitative estimate of drug-likeness (QED) is 0.803. The lowest BCUT2D eigenvalue weighted by molar-refractivity contribution is 0.312. The second-order valence-electron chi connectivity index (χ2n) is 2.77. The highest BCUT2D eigenvalue weighted by Gasteiger charge is 2.07. The first kappa shape index (κ1) is 10.7. The molecule has 16 heavy (non-hydrogen) atoms. The van der Waals surface area contributed by atoms with Crippen LogP contribution in [0.4, 0.5) is 0 Å². The van der Waals surface area contributed by atoms with E-state index in [1.807, 2.05) is 6.92 Å². The Bertz CT molecular complexity index is 479. The number of aromatic nitrogens is 5. The lowest BCUT2D eigenvalue weighted by Gasteiger charge is -2.03. The predicted molar refractivity (Wildman–Crippen MR) is 57.0 cm³/mol. The van der Waals surface area contributed by atoms with Crippen molar-refractivity contribution in [3.8, 4) is 17.4 Å². The summed E-state index contributed by atoms with van der Waals surface area (Å²) in [6, 6.07) is 0.196. The van der Waals surface area contributed by atoms with Crippen LogP contribution in [0.3, 0.4) is 0 Å². The normalized spacial score (nSPS) is 10.1. The summed E-state index contributed by atoms with van der Waals surface area (Å²) in [7, 11) is 0. The molecule has 2 aromatic rings. The maximum absolute atomic E-state index is 5.75. The van der Waals surface area contributed by atoms with Gasteiger partial charge in [0.2, 0.25) is 5.28 Å². The van der Waals surface area contributed by atoms with E-state index in [4.69, 9.17) is 16.3 Å². The molecule has 2 heterocycles. The molecule has 0 N–H and O–H groups in total. The zero-order valence-electron chi connectivity index (χ0n) is 8.46. The molecule has 0 spiro atoms. The Kier molecular flexibility index (Phi) is 3.21. The summed E-state index contributed by atoms with van der Waals surface area (Å²) in [4.78, 5) is 19.6. The smallest absolute Gasteiger partial charge is 0.321 e. The molecule has 0 radical (unpaired) electrons. The van der Waals surface area contributed by atoms with Gasteiger partial charge in [0.15, 0.2) is 5.82 Å². The topological polar surface area (TPSA) is 73.7 Å². The summed E-state index contributed by atoms with van der Waals surface area (Å²) in [5.41, 5.74) is 0.660. The van der Waals surface area contributed by atoms with Crippen molar-refractivity contribution in [3.05, 3.63) is 24.0 Å². The summed E-state index contributed by atoms with van der Waals surface area (Å²) >= 11 is 5.75. The molecule has 6 nitrogen and oxygen atoms in total. The highest BCUT2D eigenvalue weighted by Crippen LogP contribution is 2.16. The average molecular weight is 238 g/mol. The first-order valence-electron chi connectivity index (χ1n) is 4.59. The monoisotopic (exact) mass is 237 g/mol. The van der Waals surface area contributed by atoms with E-state index in [0.717, 1.165) is 0 Å². The van der Waals surface area contributed by atoms with E-state index in [2.05, 4.69) is 24.9 Å². The third kappa shape index (κ3) is 2.40. The summed E-state index contributed by atoms with van der Waals surface area (Å²) < 4.78 is 5.16. The Labute approximate surface area is 96.7 Å². The molecule has 82 valence electrons. The molecule has 0 amide bonds. The van der Waals surface area contributed by atoms with Gasteiger partial charge in [0.1, 0.15) is 6.33 Å². The predicted octanol–water partition coefficient (Wildman–Crippen LogP) is 1.38. The average Bonchev–Trinajstić information content (AvgIpc) is 2.30. The van der Waals surface area contributed by atoms with Crippen molar-refractivity contribution in [3.63, 3.8) is 0 Å². The highest BCUT2D eigenvalue weighted by atomic mass is 35.5. The molecule has 0 unspecified atom stereocenters. The number of hydrogen-bond donors (Lipinski definition) is 0. The zero-order valence-corrected chi connectivity index (χ0v) is 9.22. The Balaban J connectivity index is 2.41. The highest BCUT2D eigenvalue weighted by molar-refractivity contribution is 6.28. The van der Waals surface area contributed by atoms with Crippen LogP contribution in [-0.2, 0) is 0 Å². The number of nitrogens with zero attached hydrogens (tertiary/aromatic N) is 5. The minimum Gasteiger partial charge on any atom is -0.464 e. The number of hydrogen-bond acceptors (Lipinski definition) is 6.